The number of para-hydroxylation sites is 3. The SMILES string of the molecule is [2H]c1c([2H])c([2H])c2c(c1[2H])-c1cc(-c3c(C([2H])([2H])[2H])cccc3C([2H])([2H])[2H])cc(-c3ccc4oc5ccccc5c4c3)c1-[n+]1[c-]n(-c3[c-]c(Oc4[c-]c5c(cc4)c4ccccc4n5-c4cc(C(C)(C)C)ccn4)ccc3)c3cc(-c4ccc5oc6ccccc6c5c4)cc(c31)-c1c([2H])c([2H])c([2H])c([2H])c1-2.[Pt]. The molecular formula is C84H56N4O3Pt-2. The van der Waals surface area contributed by atoms with Crippen molar-refractivity contribution in [3.63, 3.8) is 0 Å². The first kappa shape index (κ1) is 42.2. The van der Waals surface area contributed by atoms with Crippen molar-refractivity contribution in [2.45, 2.75) is 39.9 Å². The number of fused-ring (bicyclic) bond motifs is 16. The standard InChI is InChI=1S/C84H56N4O3.Pt/c1-50-18-16-19-51(2)81(50)55-43-68(53-33-37-79-70(41-53)67-28-12-15-31-77(67)91-79)82-71(44-55)62-24-8-6-22-60(62)61-23-7-9-25-63(61)72-42-54(52-32-36-78-69(40-52)66-27-11-14-30-76(66)90-78)45-75-83(72)87(82)49-86(75)57-20-17-21-58(47-57)89-59-34-35-65-64-26-10-13-29-73(64)88(74(65)48-59)80-46-56(38-39-85-80)84(3,4)5;/h6-46H,1-5H3;/q-2;/i1D3,2D3,6D,7D,8D,9D,22D,23D,24D,25D;. The van der Waals surface area contributed by atoms with Gasteiger partial charge in [0.05, 0.1) is 27.7 Å². The number of ether oxygens (including phenoxy) is 1. The Morgan fingerprint density at radius 1 is 0.489 bits per heavy atom. The Hall–Kier alpha value is -10.9. The second-order valence-corrected chi connectivity index (χ2v) is 24.0. The van der Waals surface area contributed by atoms with E-state index in [0.29, 0.717) is 67.2 Å². The average molecular weight is 1380 g/mol. The van der Waals surface area contributed by atoms with Crippen LogP contribution >= 0.6 is 0 Å². The van der Waals surface area contributed by atoms with Gasteiger partial charge in [0, 0.05) is 74.0 Å². The van der Waals surface area contributed by atoms with Gasteiger partial charge >= 0.3 is 0 Å². The topological polar surface area (TPSA) is 62.1 Å². The zero-order valence-electron chi connectivity index (χ0n) is 63.4. The number of aromatic nitrogens is 4. The fourth-order valence-corrected chi connectivity index (χ4v) is 13.4. The molecule has 442 valence electrons. The van der Waals surface area contributed by atoms with Gasteiger partial charge in [-0.25, -0.2) is 4.98 Å². The van der Waals surface area contributed by atoms with Crippen molar-refractivity contribution >= 4 is 76.7 Å². The zero-order valence-corrected chi connectivity index (χ0v) is 51.7. The van der Waals surface area contributed by atoms with Gasteiger partial charge < -0.3 is 22.7 Å². The fraction of sp³-hybridized carbons (Fsp3) is 0.0714. The third-order valence-electron chi connectivity index (χ3n) is 17.6. The summed E-state index contributed by atoms with van der Waals surface area (Å²) in [5.74, 6) is 1.31. The van der Waals surface area contributed by atoms with Crippen LogP contribution in [-0.2, 0) is 26.5 Å². The molecule has 8 heteroatoms. The molecule has 0 aliphatic carbocycles. The predicted octanol–water partition coefficient (Wildman–Crippen LogP) is 21.6. The Kier molecular flexibility index (Phi) is 9.69. The van der Waals surface area contributed by atoms with Crippen molar-refractivity contribution in [2.75, 3.05) is 0 Å². The van der Waals surface area contributed by atoms with Gasteiger partial charge in [-0.1, -0.05) is 166 Å². The van der Waals surface area contributed by atoms with Gasteiger partial charge in [-0.2, -0.15) is 18.2 Å². The third kappa shape index (κ3) is 8.74. The molecule has 6 heterocycles. The quantitative estimate of drug-likeness (QED) is 0.118. The molecule has 0 fully saturated rings. The second-order valence-electron chi connectivity index (χ2n) is 24.0. The van der Waals surface area contributed by atoms with E-state index in [-0.39, 0.29) is 105 Å². The first-order valence-corrected chi connectivity index (χ1v) is 29.8. The first-order chi connectivity index (χ1) is 50.3. The van der Waals surface area contributed by atoms with Crippen LogP contribution in [0.5, 0.6) is 11.5 Å². The number of benzene rings is 12. The molecule has 12 aromatic carbocycles. The Balaban J connectivity index is 0.00000827. The monoisotopic (exact) mass is 1380 g/mol. The molecular weight excluding hydrogens is 1310 g/mol. The van der Waals surface area contributed by atoms with Crippen LogP contribution in [0.15, 0.2) is 257 Å². The first-order valence-electron chi connectivity index (χ1n) is 36.8. The number of hydrogen-bond donors (Lipinski definition) is 0. The summed E-state index contributed by atoms with van der Waals surface area (Å²) in [7, 11) is 0. The smallest absolute Gasteiger partial charge is 0.268 e. The van der Waals surface area contributed by atoms with Crippen molar-refractivity contribution in [2.24, 2.45) is 0 Å². The fourth-order valence-electron chi connectivity index (χ4n) is 13.4. The molecule has 0 saturated heterocycles. The zero-order chi connectivity index (χ0) is 72.8. The van der Waals surface area contributed by atoms with E-state index in [1.165, 1.54) is 24.3 Å². The van der Waals surface area contributed by atoms with E-state index in [4.69, 9.17) is 26.8 Å². The van der Waals surface area contributed by atoms with Crippen LogP contribution in [0.3, 0.4) is 0 Å². The number of furan rings is 2. The molecule has 7 nitrogen and oxygen atoms in total. The maximum absolute atomic E-state index is 10.3. The molecule has 0 radical (unpaired) electrons. The van der Waals surface area contributed by atoms with Crippen molar-refractivity contribution in [3.8, 4) is 95.5 Å². The van der Waals surface area contributed by atoms with Gasteiger partial charge in [-0.15, -0.1) is 29.7 Å². The van der Waals surface area contributed by atoms with Crippen molar-refractivity contribution in [1.82, 2.24) is 14.1 Å². The molecule has 0 atom stereocenters. The molecule has 0 spiro atoms. The minimum Gasteiger partial charge on any atom is -0.510 e. The van der Waals surface area contributed by atoms with Crippen LogP contribution in [0.25, 0.3) is 161 Å². The molecule has 5 aromatic heterocycles. The van der Waals surface area contributed by atoms with E-state index < -0.39 is 62.0 Å². The van der Waals surface area contributed by atoms with E-state index in [0.717, 1.165) is 43.5 Å². The second kappa shape index (κ2) is 21.1. The summed E-state index contributed by atoms with van der Waals surface area (Å²) >= 11 is 0. The van der Waals surface area contributed by atoms with Crippen LogP contribution in [0.2, 0.25) is 0 Å². The minimum atomic E-state index is -2.93. The number of aryl methyl sites for hydroxylation is 2. The molecule has 0 bridgehead atoms. The van der Waals surface area contributed by atoms with E-state index in [9.17, 15) is 11.0 Å². The summed E-state index contributed by atoms with van der Waals surface area (Å²) in [5.41, 5.74) is 6.40. The molecule has 1 aliphatic rings. The van der Waals surface area contributed by atoms with E-state index in [1.807, 2.05) is 128 Å². The van der Waals surface area contributed by atoms with Crippen LogP contribution in [0.1, 0.15) is 56.7 Å². The van der Waals surface area contributed by atoms with Gasteiger partial charge in [0.2, 0.25) is 0 Å². The average Bonchev–Trinajstić information content (AvgIpc) is 1.48. The van der Waals surface area contributed by atoms with Crippen LogP contribution < -0.4 is 9.30 Å². The molecule has 18 rings (SSSR count). The molecule has 0 amide bonds. The Bertz CT molecular complexity index is 6630. The summed E-state index contributed by atoms with van der Waals surface area (Å²) in [6, 6.07) is 60.8. The third-order valence-corrected chi connectivity index (χ3v) is 17.6. The normalized spacial score (nSPS) is 14.6. The van der Waals surface area contributed by atoms with E-state index in [1.54, 1.807) is 39.5 Å². The summed E-state index contributed by atoms with van der Waals surface area (Å²) < 4.78 is 158. The summed E-state index contributed by atoms with van der Waals surface area (Å²) in [4.78, 5) is 4.89. The Morgan fingerprint density at radius 3 is 1.79 bits per heavy atom. The molecule has 92 heavy (non-hydrogen) atoms. The summed E-state index contributed by atoms with van der Waals surface area (Å²) in [6.07, 6.45) is 5.53. The maximum atomic E-state index is 10.3. The van der Waals surface area contributed by atoms with Crippen molar-refractivity contribution in [3.05, 3.63) is 284 Å². The number of nitrogens with zero attached hydrogens (tertiary/aromatic N) is 4. The van der Waals surface area contributed by atoms with E-state index >= 15 is 0 Å². The number of imidazole rings is 1. The molecule has 17 aromatic rings. The largest absolute Gasteiger partial charge is 0.510 e. The molecule has 0 N–H and O–H groups in total. The van der Waals surface area contributed by atoms with E-state index in [2.05, 4.69) is 62.0 Å². The Morgan fingerprint density at radius 2 is 1.09 bits per heavy atom. The predicted molar refractivity (Wildman–Crippen MR) is 369 cm³/mol. The van der Waals surface area contributed by atoms with Crippen LogP contribution in [0, 0.1) is 32.2 Å². The van der Waals surface area contributed by atoms with Crippen LogP contribution in [0.4, 0.5) is 0 Å². The van der Waals surface area contributed by atoms with Crippen molar-refractivity contribution < 1.29 is 58.4 Å². The van der Waals surface area contributed by atoms with Gasteiger partial charge in [0.15, 0.2) is 0 Å². The van der Waals surface area contributed by atoms with Crippen LogP contribution in [-0.4, -0.2) is 14.1 Å². The summed E-state index contributed by atoms with van der Waals surface area (Å²) in [6.45, 7) is 0.618. The van der Waals surface area contributed by atoms with Gasteiger partial charge in [-0.05, 0) is 186 Å². The summed E-state index contributed by atoms with van der Waals surface area (Å²) in [5, 5.41) is 4.95. The molecule has 1 aliphatic heterocycles. The van der Waals surface area contributed by atoms with Crippen molar-refractivity contribution in [1.29, 1.82) is 0 Å². The van der Waals surface area contributed by atoms with Gasteiger partial charge in [-0.3, -0.25) is 4.57 Å². The Labute approximate surface area is 565 Å². The molecule has 0 unspecified atom stereocenters. The number of pyridine rings is 1. The number of rotatable bonds is 7. The molecule has 0 saturated carbocycles. The van der Waals surface area contributed by atoms with Gasteiger partial charge in [0.1, 0.15) is 28.1 Å². The van der Waals surface area contributed by atoms with Gasteiger partial charge in [0.25, 0.3) is 6.33 Å². The maximum Gasteiger partial charge on any atom is 0.268 e. The minimum absolute atomic E-state index is 0. The number of hydrogen-bond acceptors (Lipinski definition) is 4.